The standard InChI is InChI=1S/C16H14ClN/c17-16-11-10-14-8-4-5-9-15(14)18(16)12-13-6-2-1-3-7-13/h1-9,11H,10,12H2. The third kappa shape index (κ3) is 2.14. The van der Waals surface area contributed by atoms with Gasteiger partial charge in [0.15, 0.2) is 0 Å². The Morgan fingerprint density at radius 2 is 1.67 bits per heavy atom. The lowest BCUT2D eigenvalue weighted by Gasteiger charge is -2.29. The molecule has 90 valence electrons. The second-order valence-corrected chi connectivity index (χ2v) is 4.82. The molecule has 0 amide bonds. The lowest BCUT2D eigenvalue weighted by Crippen LogP contribution is -2.23. The van der Waals surface area contributed by atoms with Gasteiger partial charge in [-0.1, -0.05) is 60.1 Å². The van der Waals surface area contributed by atoms with Gasteiger partial charge in [0, 0.05) is 12.2 Å². The molecule has 1 aliphatic rings. The number of anilines is 1. The van der Waals surface area contributed by atoms with Crippen molar-refractivity contribution in [2.75, 3.05) is 4.90 Å². The number of rotatable bonds is 2. The van der Waals surface area contributed by atoms with Crippen LogP contribution >= 0.6 is 11.6 Å². The molecule has 1 aliphatic heterocycles. The zero-order valence-electron chi connectivity index (χ0n) is 10.0. The Bertz CT molecular complexity index is 575. The van der Waals surface area contributed by atoms with Gasteiger partial charge in [0.2, 0.25) is 0 Å². The lowest BCUT2D eigenvalue weighted by molar-refractivity contribution is 0.918. The topological polar surface area (TPSA) is 3.24 Å². The van der Waals surface area contributed by atoms with E-state index >= 15 is 0 Å². The molecule has 18 heavy (non-hydrogen) atoms. The maximum Gasteiger partial charge on any atom is 0.105 e. The van der Waals surface area contributed by atoms with Crippen molar-refractivity contribution in [1.82, 2.24) is 0 Å². The third-order valence-electron chi connectivity index (χ3n) is 3.21. The van der Waals surface area contributed by atoms with Crippen molar-refractivity contribution in [1.29, 1.82) is 0 Å². The van der Waals surface area contributed by atoms with E-state index in [9.17, 15) is 0 Å². The minimum absolute atomic E-state index is 0.813. The average molecular weight is 256 g/mol. The van der Waals surface area contributed by atoms with Crippen LogP contribution in [0.25, 0.3) is 0 Å². The first-order chi connectivity index (χ1) is 8.84. The molecule has 1 heterocycles. The molecule has 2 aromatic rings. The van der Waals surface area contributed by atoms with Crippen LogP contribution < -0.4 is 4.90 Å². The average Bonchev–Trinajstić information content (AvgIpc) is 2.43. The zero-order chi connectivity index (χ0) is 12.4. The number of benzene rings is 2. The van der Waals surface area contributed by atoms with Gasteiger partial charge >= 0.3 is 0 Å². The molecule has 2 heteroatoms. The van der Waals surface area contributed by atoms with Crippen LogP contribution in [-0.2, 0) is 13.0 Å². The highest BCUT2D eigenvalue weighted by atomic mass is 35.5. The number of para-hydroxylation sites is 1. The Labute approximate surface area is 112 Å². The summed E-state index contributed by atoms with van der Waals surface area (Å²) in [7, 11) is 0. The molecule has 0 bridgehead atoms. The van der Waals surface area contributed by atoms with Crippen LogP contribution in [0.3, 0.4) is 0 Å². The highest BCUT2D eigenvalue weighted by Crippen LogP contribution is 2.32. The Morgan fingerprint density at radius 3 is 2.50 bits per heavy atom. The lowest BCUT2D eigenvalue weighted by atomic mass is 10.0. The summed E-state index contributed by atoms with van der Waals surface area (Å²) in [5.74, 6) is 0. The minimum Gasteiger partial charge on any atom is -0.328 e. The summed E-state index contributed by atoms with van der Waals surface area (Å²) in [6.45, 7) is 0.813. The summed E-state index contributed by atoms with van der Waals surface area (Å²) in [5, 5.41) is 0.817. The summed E-state index contributed by atoms with van der Waals surface area (Å²) in [6.07, 6.45) is 2.99. The van der Waals surface area contributed by atoms with Crippen LogP contribution in [0.4, 0.5) is 5.69 Å². The van der Waals surface area contributed by atoms with Gasteiger partial charge < -0.3 is 4.90 Å². The predicted molar refractivity (Wildman–Crippen MR) is 76.7 cm³/mol. The third-order valence-corrected chi connectivity index (χ3v) is 3.57. The first-order valence-corrected chi connectivity index (χ1v) is 6.47. The molecule has 0 N–H and O–H groups in total. The van der Waals surface area contributed by atoms with Crippen molar-refractivity contribution in [2.45, 2.75) is 13.0 Å². The molecule has 3 rings (SSSR count). The molecular weight excluding hydrogens is 242 g/mol. The molecule has 0 radical (unpaired) electrons. The molecule has 0 fully saturated rings. The van der Waals surface area contributed by atoms with E-state index in [1.807, 2.05) is 6.07 Å². The van der Waals surface area contributed by atoms with E-state index in [1.54, 1.807) is 0 Å². The van der Waals surface area contributed by atoms with E-state index in [0.29, 0.717) is 0 Å². The van der Waals surface area contributed by atoms with E-state index in [0.717, 1.165) is 18.1 Å². The number of allylic oxidation sites excluding steroid dienone is 1. The van der Waals surface area contributed by atoms with Gasteiger partial charge in [0.1, 0.15) is 5.16 Å². The molecule has 0 saturated carbocycles. The van der Waals surface area contributed by atoms with Crippen LogP contribution in [0.5, 0.6) is 0 Å². The number of hydrogen-bond donors (Lipinski definition) is 0. The summed E-state index contributed by atoms with van der Waals surface area (Å²) < 4.78 is 0. The Balaban J connectivity index is 1.95. The van der Waals surface area contributed by atoms with Crippen molar-refractivity contribution < 1.29 is 0 Å². The molecule has 1 nitrogen and oxygen atoms in total. The van der Waals surface area contributed by atoms with Crippen molar-refractivity contribution in [3.63, 3.8) is 0 Å². The van der Waals surface area contributed by atoms with Crippen LogP contribution in [0.15, 0.2) is 65.8 Å². The summed E-state index contributed by atoms with van der Waals surface area (Å²) in [6, 6.07) is 18.8. The number of halogens is 1. The minimum atomic E-state index is 0.813. The predicted octanol–water partition coefficient (Wildman–Crippen LogP) is 4.33. The van der Waals surface area contributed by atoms with Crippen LogP contribution in [0.2, 0.25) is 0 Å². The van der Waals surface area contributed by atoms with E-state index < -0.39 is 0 Å². The molecule has 0 atom stereocenters. The zero-order valence-corrected chi connectivity index (χ0v) is 10.8. The molecule has 0 aliphatic carbocycles. The summed E-state index contributed by atoms with van der Waals surface area (Å²) in [4.78, 5) is 2.16. The van der Waals surface area contributed by atoms with E-state index in [4.69, 9.17) is 11.6 Å². The molecule has 0 unspecified atom stereocenters. The van der Waals surface area contributed by atoms with Gasteiger partial charge in [-0.2, -0.15) is 0 Å². The molecule has 0 aromatic heterocycles. The van der Waals surface area contributed by atoms with E-state index in [-0.39, 0.29) is 0 Å². The van der Waals surface area contributed by atoms with Crippen LogP contribution in [0.1, 0.15) is 11.1 Å². The van der Waals surface area contributed by atoms with Gasteiger partial charge in [0.05, 0.1) is 0 Å². The highest BCUT2D eigenvalue weighted by Gasteiger charge is 2.17. The first-order valence-electron chi connectivity index (χ1n) is 6.09. The number of hydrogen-bond acceptors (Lipinski definition) is 1. The quantitative estimate of drug-likeness (QED) is 0.722. The van der Waals surface area contributed by atoms with Crippen molar-refractivity contribution in [3.05, 3.63) is 77.0 Å². The Morgan fingerprint density at radius 1 is 0.944 bits per heavy atom. The Kier molecular flexibility index (Phi) is 3.07. The second kappa shape index (κ2) is 4.87. The Hall–Kier alpha value is -1.73. The molecule has 0 saturated heterocycles. The molecule has 0 spiro atoms. The number of fused-ring (bicyclic) bond motifs is 1. The fourth-order valence-corrected chi connectivity index (χ4v) is 2.52. The van der Waals surface area contributed by atoms with Gasteiger partial charge in [-0.05, 0) is 29.7 Å². The van der Waals surface area contributed by atoms with Gasteiger partial charge in [0.25, 0.3) is 0 Å². The first kappa shape index (κ1) is 11.4. The monoisotopic (exact) mass is 255 g/mol. The largest absolute Gasteiger partial charge is 0.328 e. The normalized spacial score (nSPS) is 14.1. The second-order valence-electron chi connectivity index (χ2n) is 4.43. The van der Waals surface area contributed by atoms with Crippen LogP contribution in [-0.4, -0.2) is 0 Å². The number of nitrogens with zero attached hydrogens (tertiary/aromatic N) is 1. The summed E-state index contributed by atoms with van der Waals surface area (Å²) in [5.41, 5.74) is 3.81. The summed E-state index contributed by atoms with van der Waals surface area (Å²) >= 11 is 6.35. The van der Waals surface area contributed by atoms with E-state index in [1.165, 1.54) is 16.8 Å². The fraction of sp³-hybridized carbons (Fsp3) is 0.125. The maximum absolute atomic E-state index is 6.35. The fourth-order valence-electron chi connectivity index (χ4n) is 2.29. The van der Waals surface area contributed by atoms with E-state index in [2.05, 4.69) is 59.5 Å². The van der Waals surface area contributed by atoms with Crippen LogP contribution in [0, 0.1) is 0 Å². The maximum atomic E-state index is 6.35. The molecular formula is C16H14ClN. The molecule has 2 aromatic carbocycles. The smallest absolute Gasteiger partial charge is 0.105 e. The van der Waals surface area contributed by atoms with Crippen molar-refractivity contribution in [3.8, 4) is 0 Å². The SMILES string of the molecule is ClC1=CCc2ccccc2N1Cc1ccccc1. The van der Waals surface area contributed by atoms with Crippen molar-refractivity contribution >= 4 is 17.3 Å². The van der Waals surface area contributed by atoms with Gasteiger partial charge in [-0.25, -0.2) is 0 Å². The van der Waals surface area contributed by atoms with Gasteiger partial charge in [-0.3, -0.25) is 0 Å². The van der Waals surface area contributed by atoms with Crippen molar-refractivity contribution in [2.24, 2.45) is 0 Å². The highest BCUT2D eigenvalue weighted by molar-refractivity contribution is 6.31. The van der Waals surface area contributed by atoms with Gasteiger partial charge in [-0.15, -0.1) is 0 Å².